The van der Waals surface area contributed by atoms with Crippen LogP contribution in [0, 0.1) is 12.8 Å². The molecule has 0 spiro atoms. The first-order chi connectivity index (χ1) is 12.0. The topological polar surface area (TPSA) is 74.6 Å². The molecule has 1 aromatic heterocycles. The fourth-order valence-corrected chi connectivity index (χ4v) is 3.51. The van der Waals surface area contributed by atoms with Crippen LogP contribution in [0.15, 0.2) is 16.9 Å². The number of carbonyl (C=O) groups is 2. The molecule has 1 heterocycles. The number of carbonyl (C=O) groups excluding carboxylic acids is 2. The molecule has 1 unspecified atom stereocenters. The predicted octanol–water partition coefficient (Wildman–Crippen LogP) is 2.33. The van der Waals surface area contributed by atoms with Crippen LogP contribution in [0.3, 0.4) is 0 Å². The number of nitrogens with one attached hydrogen (secondary N) is 2. The number of hydrogen-bond acceptors (Lipinski definition) is 4. The van der Waals surface area contributed by atoms with Gasteiger partial charge in [-0.05, 0) is 50.8 Å². The van der Waals surface area contributed by atoms with Crippen LogP contribution in [0.1, 0.15) is 56.0 Å². The van der Waals surface area contributed by atoms with Gasteiger partial charge in [0.05, 0.1) is 17.9 Å². The van der Waals surface area contributed by atoms with Gasteiger partial charge in [0.25, 0.3) is 5.91 Å². The molecular formula is C19H31N3O3. The lowest BCUT2D eigenvalue weighted by Crippen LogP contribution is -2.51. The van der Waals surface area contributed by atoms with E-state index < -0.39 is 0 Å². The molecule has 1 saturated carbocycles. The van der Waals surface area contributed by atoms with Crippen LogP contribution in [0.5, 0.6) is 0 Å². The van der Waals surface area contributed by atoms with Crippen molar-refractivity contribution in [1.29, 1.82) is 0 Å². The number of likely N-dealkylation sites (N-methyl/N-ethyl adjacent to an activating group) is 1. The molecule has 1 fully saturated rings. The summed E-state index contributed by atoms with van der Waals surface area (Å²) in [7, 11) is 0. The standard InChI is InChI=1S/C19H31N3O3/c1-5-17(22(6-2)7-3)19(24)20-10-14-8-15(9-14)21-18(23)16-12-25-11-13(16)4/h11-12,14-15,17H,5-10H2,1-4H3,(H,20,24)(H,21,23). The fraction of sp³-hybridized carbons (Fsp3) is 0.684. The third kappa shape index (κ3) is 4.84. The Bertz CT molecular complexity index is 574. The second kappa shape index (κ2) is 9.04. The van der Waals surface area contributed by atoms with Crippen molar-refractivity contribution in [3.63, 3.8) is 0 Å². The summed E-state index contributed by atoms with van der Waals surface area (Å²) in [6.45, 7) is 10.5. The first-order valence-corrected chi connectivity index (χ1v) is 9.35. The molecule has 6 nitrogen and oxygen atoms in total. The Kier molecular flexibility index (Phi) is 7.05. The molecule has 0 radical (unpaired) electrons. The minimum absolute atomic E-state index is 0.0466. The van der Waals surface area contributed by atoms with Crippen molar-refractivity contribution in [2.75, 3.05) is 19.6 Å². The highest BCUT2D eigenvalue weighted by Gasteiger charge is 2.32. The molecule has 2 rings (SSSR count). The number of aryl methyl sites for hydroxylation is 1. The summed E-state index contributed by atoms with van der Waals surface area (Å²) in [5.41, 5.74) is 1.45. The number of nitrogens with zero attached hydrogens (tertiary/aromatic N) is 1. The Morgan fingerprint density at radius 3 is 2.44 bits per heavy atom. The second-order valence-corrected chi connectivity index (χ2v) is 6.87. The van der Waals surface area contributed by atoms with Gasteiger partial charge in [-0.25, -0.2) is 0 Å². The van der Waals surface area contributed by atoms with E-state index in [4.69, 9.17) is 4.42 Å². The van der Waals surface area contributed by atoms with Gasteiger partial charge in [-0.15, -0.1) is 0 Å². The van der Waals surface area contributed by atoms with Gasteiger partial charge in [0.15, 0.2) is 0 Å². The summed E-state index contributed by atoms with van der Waals surface area (Å²) in [6, 6.07) is 0.142. The van der Waals surface area contributed by atoms with Crippen LogP contribution in [0.2, 0.25) is 0 Å². The third-order valence-electron chi connectivity index (χ3n) is 5.18. The lowest BCUT2D eigenvalue weighted by atomic mass is 9.80. The molecule has 1 atom stereocenters. The SMILES string of the molecule is CCC(C(=O)NCC1CC(NC(=O)c2cocc2C)C1)N(CC)CC. The van der Waals surface area contributed by atoms with Crippen molar-refractivity contribution in [3.8, 4) is 0 Å². The molecule has 0 bridgehead atoms. The van der Waals surface area contributed by atoms with Crippen molar-refractivity contribution in [2.45, 2.75) is 59.0 Å². The monoisotopic (exact) mass is 349 g/mol. The zero-order valence-electron chi connectivity index (χ0n) is 15.8. The Balaban J connectivity index is 1.70. The maximum atomic E-state index is 12.4. The molecule has 1 aliphatic carbocycles. The molecule has 25 heavy (non-hydrogen) atoms. The smallest absolute Gasteiger partial charge is 0.255 e. The fourth-order valence-electron chi connectivity index (χ4n) is 3.51. The highest BCUT2D eigenvalue weighted by atomic mass is 16.3. The molecule has 140 valence electrons. The average molecular weight is 349 g/mol. The van der Waals surface area contributed by atoms with Gasteiger partial charge in [-0.1, -0.05) is 20.8 Å². The van der Waals surface area contributed by atoms with Crippen LogP contribution in [0.25, 0.3) is 0 Å². The summed E-state index contributed by atoms with van der Waals surface area (Å²) in [5.74, 6) is 0.480. The second-order valence-electron chi connectivity index (χ2n) is 6.87. The zero-order chi connectivity index (χ0) is 18.4. The van der Waals surface area contributed by atoms with Crippen molar-refractivity contribution in [1.82, 2.24) is 15.5 Å². The summed E-state index contributed by atoms with van der Waals surface area (Å²) >= 11 is 0. The summed E-state index contributed by atoms with van der Waals surface area (Å²) in [4.78, 5) is 26.7. The van der Waals surface area contributed by atoms with Gasteiger partial charge in [-0.3, -0.25) is 14.5 Å². The van der Waals surface area contributed by atoms with E-state index in [-0.39, 0.29) is 23.9 Å². The number of amides is 2. The van der Waals surface area contributed by atoms with Gasteiger partial charge in [0, 0.05) is 12.6 Å². The largest absolute Gasteiger partial charge is 0.471 e. The van der Waals surface area contributed by atoms with Crippen LogP contribution < -0.4 is 10.6 Å². The molecule has 2 N–H and O–H groups in total. The molecular weight excluding hydrogens is 318 g/mol. The first kappa shape index (κ1) is 19.5. The maximum Gasteiger partial charge on any atom is 0.255 e. The Morgan fingerprint density at radius 2 is 1.92 bits per heavy atom. The highest BCUT2D eigenvalue weighted by molar-refractivity contribution is 5.95. The van der Waals surface area contributed by atoms with Crippen molar-refractivity contribution in [3.05, 3.63) is 23.7 Å². The van der Waals surface area contributed by atoms with Crippen molar-refractivity contribution in [2.24, 2.45) is 5.92 Å². The molecule has 1 aromatic rings. The minimum atomic E-state index is -0.0775. The Labute approximate surface area is 150 Å². The molecule has 6 heteroatoms. The number of hydrogen-bond donors (Lipinski definition) is 2. The van der Waals surface area contributed by atoms with E-state index in [1.54, 1.807) is 6.26 Å². The van der Waals surface area contributed by atoms with Crippen molar-refractivity contribution >= 4 is 11.8 Å². The molecule has 2 amide bonds. The molecule has 0 aromatic carbocycles. The predicted molar refractivity (Wildman–Crippen MR) is 97.4 cm³/mol. The molecule has 1 aliphatic rings. The average Bonchev–Trinajstić information content (AvgIpc) is 3.00. The number of furan rings is 1. The van der Waals surface area contributed by atoms with E-state index in [1.807, 2.05) is 6.92 Å². The molecule has 0 aliphatic heterocycles. The van der Waals surface area contributed by atoms with Crippen LogP contribution in [0.4, 0.5) is 0 Å². The van der Waals surface area contributed by atoms with Gasteiger partial charge >= 0.3 is 0 Å². The number of rotatable bonds is 9. The molecule has 0 saturated heterocycles. The lowest BCUT2D eigenvalue weighted by molar-refractivity contribution is -0.126. The van der Waals surface area contributed by atoms with Gasteiger partial charge < -0.3 is 15.1 Å². The van der Waals surface area contributed by atoms with E-state index in [9.17, 15) is 9.59 Å². The summed E-state index contributed by atoms with van der Waals surface area (Å²) in [5, 5.41) is 6.11. The van der Waals surface area contributed by atoms with Crippen LogP contribution in [-0.2, 0) is 4.79 Å². The lowest BCUT2D eigenvalue weighted by Gasteiger charge is -2.36. The van der Waals surface area contributed by atoms with Gasteiger partial charge in [0.1, 0.15) is 6.26 Å². The highest BCUT2D eigenvalue weighted by Crippen LogP contribution is 2.27. The van der Waals surface area contributed by atoms with Crippen LogP contribution in [-0.4, -0.2) is 48.4 Å². The minimum Gasteiger partial charge on any atom is -0.471 e. The van der Waals surface area contributed by atoms with Crippen LogP contribution >= 0.6 is 0 Å². The Hall–Kier alpha value is -1.82. The first-order valence-electron chi connectivity index (χ1n) is 9.35. The third-order valence-corrected chi connectivity index (χ3v) is 5.18. The van der Waals surface area contributed by atoms with E-state index in [0.717, 1.165) is 37.9 Å². The quantitative estimate of drug-likeness (QED) is 0.717. The van der Waals surface area contributed by atoms with Crippen molar-refractivity contribution < 1.29 is 14.0 Å². The summed E-state index contributed by atoms with van der Waals surface area (Å²) in [6.07, 6.45) is 5.70. The van der Waals surface area contributed by atoms with Gasteiger partial charge in [0.2, 0.25) is 5.91 Å². The van der Waals surface area contributed by atoms with E-state index >= 15 is 0 Å². The maximum absolute atomic E-state index is 12.4. The van der Waals surface area contributed by atoms with E-state index in [1.165, 1.54) is 6.26 Å². The van der Waals surface area contributed by atoms with E-state index in [0.29, 0.717) is 18.0 Å². The van der Waals surface area contributed by atoms with E-state index in [2.05, 4.69) is 36.3 Å². The van der Waals surface area contributed by atoms with Gasteiger partial charge in [-0.2, -0.15) is 0 Å². The normalized spacial score (nSPS) is 20.8. The zero-order valence-corrected chi connectivity index (χ0v) is 15.8. The Morgan fingerprint density at radius 1 is 1.24 bits per heavy atom. The summed E-state index contributed by atoms with van der Waals surface area (Å²) < 4.78 is 5.04.